The van der Waals surface area contributed by atoms with Crippen LogP contribution in [0.5, 0.6) is 0 Å². The van der Waals surface area contributed by atoms with Gasteiger partial charge in [-0.3, -0.25) is 0 Å². The molecular weight excluding hydrogens is 192 g/mol. The summed E-state index contributed by atoms with van der Waals surface area (Å²) in [6, 6.07) is 0. The van der Waals surface area contributed by atoms with Crippen molar-refractivity contribution >= 4 is 11.8 Å². The van der Waals surface area contributed by atoms with Gasteiger partial charge in [0.15, 0.2) is 0 Å². The first-order valence-electron chi connectivity index (χ1n) is 5.91. The van der Waals surface area contributed by atoms with Gasteiger partial charge in [0, 0.05) is 13.1 Å². The van der Waals surface area contributed by atoms with Gasteiger partial charge in [-0.1, -0.05) is 6.92 Å². The Morgan fingerprint density at radius 2 is 2.00 bits per heavy atom. The molecule has 0 amide bonds. The first-order valence-corrected chi connectivity index (χ1v) is 7.06. The zero-order chi connectivity index (χ0) is 9.80. The third kappa shape index (κ3) is 2.65. The van der Waals surface area contributed by atoms with Gasteiger partial charge in [-0.2, -0.15) is 11.8 Å². The monoisotopic (exact) mass is 214 g/mol. The average Bonchev–Trinajstić information content (AvgIpc) is 2.72. The molecule has 2 fully saturated rings. The molecule has 2 saturated heterocycles. The van der Waals surface area contributed by atoms with Gasteiger partial charge >= 0.3 is 0 Å². The lowest BCUT2D eigenvalue weighted by molar-refractivity contribution is 0.315. The van der Waals surface area contributed by atoms with Crippen molar-refractivity contribution in [2.45, 2.75) is 13.3 Å². The van der Waals surface area contributed by atoms with Crippen LogP contribution in [0.25, 0.3) is 0 Å². The Morgan fingerprint density at radius 1 is 1.29 bits per heavy atom. The topological polar surface area (TPSA) is 15.3 Å². The minimum Gasteiger partial charge on any atom is -0.316 e. The van der Waals surface area contributed by atoms with Gasteiger partial charge in [-0.05, 0) is 49.4 Å². The Hall–Kier alpha value is 0.270. The van der Waals surface area contributed by atoms with Crippen LogP contribution < -0.4 is 5.32 Å². The van der Waals surface area contributed by atoms with Crippen LogP contribution in [0.2, 0.25) is 0 Å². The van der Waals surface area contributed by atoms with E-state index in [-0.39, 0.29) is 0 Å². The number of fused-ring (bicyclic) bond motifs is 1. The highest BCUT2D eigenvalue weighted by Crippen LogP contribution is 2.26. The largest absolute Gasteiger partial charge is 0.316 e. The van der Waals surface area contributed by atoms with Crippen LogP contribution in [-0.2, 0) is 0 Å². The Kier molecular flexibility index (Phi) is 4.14. The van der Waals surface area contributed by atoms with E-state index in [0.29, 0.717) is 0 Å². The molecule has 0 unspecified atom stereocenters. The molecule has 0 radical (unpaired) electrons. The molecule has 14 heavy (non-hydrogen) atoms. The summed E-state index contributed by atoms with van der Waals surface area (Å²) in [5.41, 5.74) is 0. The van der Waals surface area contributed by atoms with Crippen molar-refractivity contribution in [3.8, 4) is 0 Å². The number of thioether (sulfide) groups is 1. The molecule has 0 spiro atoms. The highest BCUT2D eigenvalue weighted by molar-refractivity contribution is 7.99. The van der Waals surface area contributed by atoms with E-state index in [0.717, 1.165) is 11.8 Å². The summed E-state index contributed by atoms with van der Waals surface area (Å²) in [6.07, 6.45) is 1.38. The number of nitrogens with one attached hydrogen (secondary N) is 1. The van der Waals surface area contributed by atoms with Gasteiger partial charge in [0.1, 0.15) is 0 Å². The van der Waals surface area contributed by atoms with Crippen molar-refractivity contribution in [3.63, 3.8) is 0 Å². The number of hydrogen-bond acceptors (Lipinski definition) is 3. The van der Waals surface area contributed by atoms with Crippen molar-refractivity contribution in [2.75, 3.05) is 44.2 Å². The maximum absolute atomic E-state index is 3.49. The van der Waals surface area contributed by atoms with E-state index in [1.807, 2.05) is 0 Å². The third-order valence-corrected chi connectivity index (χ3v) is 4.42. The van der Waals surface area contributed by atoms with Gasteiger partial charge in [-0.25, -0.2) is 0 Å². The molecule has 2 heterocycles. The molecule has 0 bridgehead atoms. The summed E-state index contributed by atoms with van der Waals surface area (Å²) in [5, 5.41) is 3.49. The second kappa shape index (κ2) is 5.38. The lowest BCUT2D eigenvalue weighted by atomic mass is 10.0. The number of hydrogen-bond donors (Lipinski definition) is 1. The SMILES string of the molecule is CCSCCCN1C[C@H]2CNC[C@H]2C1. The quantitative estimate of drug-likeness (QED) is 0.694. The maximum Gasteiger partial charge on any atom is 0.00255 e. The number of likely N-dealkylation sites (tertiary alicyclic amines) is 1. The lowest BCUT2D eigenvalue weighted by Crippen LogP contribution is -2.27. The minimum atomic E-state index is 0.967. The van der Waals surface area contributed by atoms with Crippen molar-refractivity contribution in [3.05, 3.63) is 0 Å². The molecule has 0 aromatic rings. The summed E-state index contributed by atoms with van der Waals surface area (Å²) in [5.74, 6) is 4.55. The highest BCUT2D eigenvalue weighted by Gasteiger charge is 2.35. The van der Waals surface area contributed by atoms with Gasteiger partial charge in [0.25, 0.3) is 0 Å². The molecule has 2 nitrogen and oxygen atoms in total. The standard InChI is InChI=1S/C11H22N2S/c1-2-14-5-3-4-13-8-10-6-12-7-11(10)9-13/h10-12H,2-9H2,1H3/t10-,11+. The van der Waals surface area contributed by atoms with Crippen LogP contribution in [-0.4, -0.2) is 49.1 Å². The average molecular weight is 214 g/mol. The van der Waals surface area contributed by atoms with Crippen LogP contribution >= 0.6 is 11.8 Å². The van der Waals surface area contributed by atoms with Crippen LogP contribution in [0.1, 0.15) is 13.3 Å². The molecule has 0 saturated carbocycles. The summed E-state index contributed by atoms with van der Waals surface area (Å²) in [6.45, 7) is 8.83. The predicted molar refractivity (Wildman–Crippen MR) is 63.9 cm³/mol. The first-order chi connectivity index (χ1) is 6.90. The van der Waals surface area contributed by atoms with Gasteiger partial charge < -0.3 is 10.2 Å². The maximum atomic E-state index is 3.49. The Labute approximate surface area is 91.8 Å². The zero-order valence-electron chi connectivity index (χ0n) is 9.17. The van der Waals surface area contributed by atoms with Crippen LogP contribution in [0.3, 0.4) is 0 Å². The van der Waals surface area contributed by atoms with Crippen molar-refractivity contribution in [2.24, 2.45) is 11.8 Å². The molecule has 0 aliphatic carbocycles. The summed E-state index contributed by atoms with van der Waals surface area (Å²) >= 11 is 2.07. The van der Waals surface area contributed by atoms with E-state index in [4.69, 9.17) is 0 Å². The van der Waals surface area contributed by atoms with E-state index in [1.54, 1.807) is 0 Å². The van der Waals surface area contributed by atoms with E-state index >= 15 is 0 Å². The molecule has 0 aromatic carbocycles. The first kappa shape index (κ1) is 10.8. The normalized spacial score (nSPS) is 32.4. The van der Waals surface area contributed by atoms with E-state index in [1.165, 1.54) is 50.7 Å². The fraction of sp³-hybridized carbons (Fsp3) is 1.00. The van der Waals surface area contributed by atoms with Crippen molar-refractivity contribution < 1.29 is 0 Å². The third-order valence-electron chi connectivity index (χ3n) is 3.43. The van der Waals surface area contributed by atoms with Gasteiger partial charge in [0.05, 0.1) is 0 Å². The van der Waals surface area contributed by atoms with Crippen molar-refractivity contribution in [1.82, 2.24) is 10.2 Å². The van der Waals surface area contributed by atoms with E-state index in [9.17, 15) is 0 Å². The zero-order valence-corrected chi connectivity index (χ0v) is 9.98. The predicted octanol–water partition coefficient (Wildman–Crippen LogP) is 1.28. The smallest absolute Gasteiger partial charge is 0.00255 e. The summed E-state index contributed by atoms with van der Waals surface area (Å²) in [4.78, 5) is 2.67. The highest BCUT2D eigenvalue weighted by atomic mass is 32.2. The molecule has 2 aliphatic heterocycles. The van der Waals surface area contributed by atoms with Gasteiger partial charge in [0.2, 0.25) is 0 Å². The molecule has 2 atom stereocenters. The van der Waals surface area contributed by atoms with Crippen LogP contribution in [0, 0.1) is 11.8 Å². The van der Waals surface area contributed by atoms with E-state index in [2.05, 4.69) is 28.9 Å². The van der Waals surface area contributed by atoms with Crippen LogP contribution in [0.15, 0.2) is 0 Å². The molecular formula is C11H22N2S. The second-order valence-corrected chi connectivity index (χ2v) is 5.88. The fourth-order valence-electron chi connectivity index (χ4n) is 2.67. The summed E-state index contributed by atoms with van der Waals surface area (Å²) in [7, 11) is 0. The fourth-order valence-corrected chi connectivity index (χ4v) is 3.29. The second-order valence-electron chi connectivity index (χ2n) is 4.49. The molecule has 0 aromatic heterocycles. The lowest BCUT2D eigenvalue weighted by Gasteiger charge is -2.16. The van der Waals surface area contributed by atoms with E-state index < -0.39 is 0 Å². The van der Waals surface area contributed by atoms with Crippen molar-refractivity contribution in [1.29, 1.82) is 0 Å². The number of rotatable bonds is 5. The minimum absolute atomic E-state index is 0.967. The van der Waals surface area contributed by atoms with Crippen LogP contribution in [0.4, 0.5) is 0 Å². The Balaban J connectivity index is 1.60. The Morgan fingerprint density at radius 3 is 2.64 bits per heavy atom. The molecule has 2 rings (SSSR count). The Bertz CT molecular complexity index is 163. The molecule has 2 aliphatic rings. The molecule has 1 N–H and O–H groups in total. The summed E-state index contributed by atoms with van der Waals surface area (Å²) < 4.78 is 0. The molecule has 82 valence electrons. The van der Waals surface area contributed by atoms with Gasteiger partial charge in [-0.15, -0.1) is 0 Å². The number of nitrogens with zero attached hydrogens (tertiary/aromatic N) is 1. The molecule has 3 heteroatoms.